The van der Waals surface area contributed by atoms with Crippen molar-refractivity contribution in [3.8, 4) is 0 Å². The molecule has 0 heterocycles. The maximum Gasteiger partial charge on any atom is 0.406 e. The molecule has 0 spiro atoms. The highest BCUT2D eigenvalue weighted by atomic mass is 79.9. The van der Waals surface area contributed by atoms with Crippen molar-refractivity contribution >= 4 is 21.8 Å². The van der Waals surface area contributed by atoms with Gasteiger partial charge in [0.25, 0.3) is 0 Å². The van der Waals surface area contributed by atoms with Gasteiger partial charge in [0.15, 0.2) is 0 Å². The Kier molecular flexibility index (Phi) is 6.35. The van der Waals surface area contributed by atoms with E-state index in [9.17, 15) is 18.0 Å². The summed E-state index contributed by atoms with van der Waals surface area (Å²) in [5, 5.41) is 0.368. The Morgan fingerprint density at radius 2 is 1.85 bits per heavy atom. The van der Waals surface area contributed by atoms with E-state index in [1.807, 2.05) is 13.8 Å². The van der Waals surface area contributed by atoms with Crippen molar-refractivity contribution in [1.29, 1.82) is 0 Å². The summed E-state index contributed by atoms with van der Waals surface area (Å²) in [5.74, 6) is 0.00855. The van der Waals surface area contributed by atoms with E-state index in [2.05, 4.69) is 15.9 Å². The molecule has 0 N–H and O–H groups in total. The lowest BCUT2D eigenvalue weighted by atomic mass is 9.77. The van der Waals surface area contributed by atoms with Gasteiger partial charge in [-0.25, -0.2) is 0 Å². The highest BCUT2D eigenvalue weighted by molar-refractivity contribution is 9.09. The number of rotatable bonds is 6. The zero-order valence-electron chi connectivity index (χ0n) is 12.1. The fourth-order valence-corrected chi connectivity index (χ4v) is 3.67. The molecule has 1 amide bonds. The molecule has 0 radical (unpaired) electrons. The highest BCUT2D eigenvalue weighted by Gasteiger charge is 2.45. The molecule has 1 aliphatic carbocycles. The summed E-state index contributed by atoms with van der Waals surface area (Å²) in [4.78, 5) is 13.7. The van der Waals surface area contributed by atoms with Crippen LogP contribution in [0.3, 0.4) is 0 Å². The van der Waals surface area contributed by atoms with Crippen molar-refractivity contribution in [2.45, 2.75) is 52.1 Å². The Hall–Kier alpha value is -0.260. The lowest BCUT2D eigenvalue weighted by molar-refractivity contribution is -0.167. The van der Waals surface area contributed by atoms with Crippen LogP contribution in [0, 0.1) is 11.3 Å². The third kappa shape index (κ3) is 4.93. The van der Waals surface area contributed by atoms with Gasteiger partial charge in [-0.3, -0.25) is 4.79 Å². The van der Waals surface area contributed by atoms with E-state index in [1.165, 1.54) is 0 Å². The Balaban J connectivity index is 2.89. The molecule has 0 aromatic heterocycles. The quantitative estimate of drug-likeness (QED) is 0.646. The van der Waals surface area contributed by atoms with E-state index in [-0.39, 0.29) is 12.5 Å². The summed E-state index contributed by atoms with van der Waals surface area (Å²) < 4.78 is 38.0. The standard InChI is InChI=1S/C14H23BrF3NO/c1-11(2)9-13(5-3-4-6-13)12(20)19(8-7-15)10-14(16,17)18/h11H,3-10H2,1-2H3. The molecular weight excluding hydrogens is 335 g/mol. The summed E-state index contributed by atoms with van der Waals surface area (Å²) in [6, 6.07) is 0. The van der Waals surface area contributed by atoms with Crippen LogP contribution >= 0.6 is 15.9 Å². The number of nitrogens with zero attached hydrogens (tertiary/aromatic N) is 1. The van der Waals surface area contributed by atoms with Crippen LogP contribution in [0.2, 0.25) is 0 Å². The third-order valence-corrected chi connectivity index (χ3v) is 4.18. The Labute approximate surface area is 127 Å². The molecule has 0 atom stereocenters. The Bertz CT molecular complexity index is 325. The SMILES string of the molecule is CC(C)CC1(C(=O)N(CCBr)CC(F)(F)F)CCCC1. The minimum atomic E-state index is -4.34. The summed E-state index contributed by atoms with van der Waals surface area (Å²) in [5.41, 5.74) is -0.568. The van der Waals surface area contributed by atoms with Gasteiger partial charge in [-0.1, -0.05) is 42.6 Å². The smallest absolute Gasteiger partial charge is 0.332 e. The summed E-state index contributed by atoms with van der Waals surface area (Å²) in [6.45, 7) is 3.01. The largest absolute Gasteiger partial charge is 0.406 e. The van der Waals surface area contributed by atoms with Crippen molar-refractivity contribution in [2.24, 2.45) is 11.3 Å². The van der Waals surface area contributed by atoms with Crippen LogP contribution in [0.15, 0.2) is 0 Å². The van der Waals surface area contributed by atoms with Gasteiger partial charge in [-0.05, 0) is 25.2 Å². The number of carbonyl (C=O) groups excluding carboxylic acids is 1. The molecule has 1 aliphatic rings. The van der Waals surface area contributed by atoms with E-state index < -0.39 is 18.1 Å². The van der Waals surface area contributed by atoms with Crippen molar-refractivity contribution < 1.29 is 18.0 Å². The molecule has 0 aromatic carbocycles. The number of amides is 1. The maximum absolute atomic E-state index is 12.7. The number of halogens is 4. The van der Waals surface area contributed by atoms with Gasteiger partial charge < -0.3 is 4.90 Å². The summed E-state index contributed by atoms with van der Waals surface area (Å²) in [6.07, 6.45) is -0.335. The van der Waals surface area contributed by atoms with Crippen molar-refractivity contribution in [1.82, 2.24) is 4.90 Å². The normalized spacial score (nSPS) is 18.6. The molecule has 0 saturated heterocycles. The number of alkyl halides is 4. The third-order valence-electron chi connectivity index (χ3n) is 3.83. The number of hydrogen-bond acceptors (Lipinski definition) is 1. The van der Waals surface area contributed by atoms with Crippen LogP contribution in [-0.4, -0.2) is 35.4 Å². The summed E-state index contributed by atoms with van der Waals surface area (Å²) >= 11 is 3.14. The second kappa shape index (κ2) is 7.14. The highest BCUT2D eigenvalue weighted by Crippen LogP contribution is 2.45. The lowest BCUT2D eigenvalue weighted by Crippen LogP contribution is -2.48. The van der Waals surface area contributed by atoms with Gasteiger partial charge in [-0.15, -0.1) is 0 Å². The Morgan fingerprint density at radius 1 is 1.30 bits per heavy atom. The van der Waals surface area contributed by atoms with Crippen LogP contribution in [0.25, 0.3) is 0 Å². The van der Waals surface area contributed by atoms with Gasteiger partial charge in [0.05, 0.1) is 0 Å². The number of carbonyl (C=O) groups is 1. The minimum Gasteiger partial charge on any atom is -0.332 e. The molecule has 1 fully saturated rings. The zero-order chi connectivity index (χ0) is 15.4. The van der Waals surface area contributed by atoms with Crippen LogP contribution in [-0.2, 0) is 4.79 Å². The van der Waals surface area contributed by atoms with E-state index in [1.54, 1.807) is 0 Å². The topological polar surface area (TPSA) is 20.3 Å². The molecule has 0 aromatic rings. The second-order valence-electron chi connectivity index (χ2n) is 6.12. The fraction of sp³-hybridized carbons (Fsp3) is 0.929. The van der Waals surface area contributed by atoms with E-state index in [4.69, 9.17) is 0 Å². The average Bonchev–Trinajstić information content (AvgIpc) is 2.74. The van der Waals surface area contributed by atoms with Gasteiger partial charge >= 0.3 is 6.18 Å². The molecule has 0 aliphatic heterocycles. The van der Waals surface area contributed by atoms with E-state index >= 15 is 0 Å². The first-order chi connectivity index (χ1) is 9.20. The van der Waals surface area contributed by atoms with E-state index in [0.717, 1.165) is 30.6 Å². The first kappa shape index (κ1) is 17.8. The molecular formula is C14H23BrF3NO. The lowest BCUT2D eigenvalue weighted by Gasteiger charge is -2.35. The second-order valence-corrected chi connectivity index (χ2v) is 6.91. The predicted molar refractivity (Wildman–Crippen MR) is 76.8 cm³/mol. The van der Waals surface area contributed by atoms with Crippen LogP contribution in [0.5, 0.6) is 0 Å². The molecule has 1 rings (SSSR count). The van der Waals surface area contributed by atoms with Crippen molar-refractivity contribution in [3.05, 3.63) is 0 Å². The molecule has 1 saturated carbocycles. The molecule has 2 nitrogen and oxygen atoms in total. The first-order valence-electron chi connectivity index (χ1n) is 7.12. The minimum absolute atomic E-state index is 0.109. The van der Waals surface area contributed by atoms with Gasteiger partial charge in [-0.2, -0.15) is 13.2 Å². The first-order valence-corrected chi connectivity index (χ1v) is 8.24. The molecule has 20 heavy (non-hydrogen) atoms. The number of hydrogen-bond donors (Lipinski definition) is 0. The molecule has 0 bridgehead atoms. The van der Waals surface area contributed by atoms with Crippen LogP contribution in [0.4, 0.5) is 13.2 Å². The van der Waals surface area contributed by atoms with Gasteiger partial charge in [0.1, 0.15) is 6.54 Å². The van der Waals surface area contributed by atoms with Crippen molar-refractivity contribution in [2.75, 3.05) is 18.4 Å². The maximum atomic E-state index is 12.7. The van der Waals surface area contributed by atoms with E-state index in [0.29, 0.717) is 17.7 Å². The molecule has 6 heteroatoms. The zero-order valence-corrected chi connectivity index (χ0v) is 13.7. The van der Waals surface area contributed by atoms with Crippen molar-refractivity contribution in [3.63, 3.8) is 0 Å². The van der Waals surface area contributed by atoms with Crippen LogP contribution in [0.1, 0.15) is 46.0 Å². The monoisotopic (exact) mass is 357 g/mol. The van der Waals surface area contributed by atoms with Gasteiger partial charge in [0, 0.05) is 17.3 Å². The predicted octanol–water partition coefficient (Wildman–Crippen LogP) is 4.38. The Morgan fingerprint density at radius 3 is 2.25 bits per heavy atom. The molecule has 0 unspecified atom stereocenters. The average molecular weight is 358 g/mol. The fourth-order valence-electron chi connectivity index (χ4n) is 3.24. The molecule has 118 valence electrons. The summed E-state index contributed by atoms with van der Waals surface area (Å²) in [7, 11) is 0. The van der Waals surface area contributed by atoms with Gasteiger partial charge in [0.2, 0.25) is 5.91 Å². The van der Waals surface area contributed by atoms with Crippen LogP contribution < -0.4 is 0 Å².